The van der Waals surface area contributed by atoms with Crippen LogP contribution < -0.4 is 5.32 Å². The minimum absolute atomic E-state index is 0.0477. The number of amides is 2. The van der Waals surface area contributed by atoms with Crippen molar-refractivity contribution in [1.29, 1.82) is 0 Å². The molecule has 2 amide bonds. The van der Waals surface area contributed by atoms with Gasteiger partial charge in [-0.25, -0.2) is 4.39 Å². The molecule has 0 spiro atoms. The number of benzene rings is 1. The second kappa shape index (κ2) is 12.8. The molecule has 1 unspecified atom stereocenters. The van der Waals surface area contributed by atoms with E-state index >= 15 is 0 Å². The van der Waals surface area contributed by atoms with Gasteiger partial charge in [-0.3, -0.25) is 14.6 Å². The lowest BCUT2D eigenvalue weighted by Gasteiger charge is -2.40. The molecule has 2 aromatic rings. The average molecular weight is 493 g/mol. The van der Waals surface area contributed by atoms with Crippen molar-refractivity contribution in [2.24, 2.45) is 0 Å². The van der Waals surface area contributed by atoms with Gasteiger partial charge in [0.2, 0.25) is 5.91 Å². The Kier molecular flexibility index (Phi) is 9.23. The summed E-state index contributed by atoms with van der Waals surface area (Å²) >= 11 is 0. The molecule has 2 aliphatic rings. The summed E-state index contributed by atoms with van der Waals surface area (Å²) in [5, 5.41) is 3.01. The molecule has 1 N–H and O–H groups in total. The number of aromatic nitrogens is 1. The highest BCUT2D eigenvalue weighted by atomic mass is 19.1. The Bertz CT molecular complexity index is 1010. The zero-order chi connectivity index (χ0) is 25.3. The van der Waals surface area contributed by atoms with Crippen molar-refractivity contribution in [3.05, 3.63) is 77.9 Å². The second-order valence-corrected chi connectivity index (χ2v) is 9.97. The fourth-order valence-corrected chi connectivity index (χ4v) is 5.23. The first-order valence-corrected chi connectivity index (χ1v) is 13.1. The van der Waals surface area contributed by atoms with Gasteiger partial charge in [-0.05, 0) is 81.4 Å². The van der Waals surface area contributed by atoms with E-state index in [0.717, 1.165) is 37.1 Å². The van der Waals surface area contributed by atoms with Crippen LogP contribution in [0.15, 0.2) is 60.9 Å². The minimum atomic E-state index is -0.481. The third kappa shape index (κ3) is 7.23. The van der Waals surface area contributed by atoms with E-state index in [-0.39, 0.29) is 24.1 Å². The SMILES string of the molecule is C=C(CCc1ccc(F)cc1)C(CC(=O)N1CCC(N2CCCCC2)CC1)NC(=O)c1cccnc1. The number of nitrogens with zero attached hydrogens (tertiary/aromatic N) is 3. The number of hydrogen-bond acceptors (Lipinski definition) is 4. The first-order valence-electron chi connectivity index (χ1n) is 13.1. The number of carbonyl (C=O) groups is 2. The van der Waals surface area contributed by atoms with E-state index in [1.165, 1.54) is 50.7 Å². The van der Waals surface area contributed by atoms with Crippen LogP contribution in [0, 0.1) is 5.82 Å². The number of likely N-dealkylation sites (tertiary alicyclic amines) is 2. The molecule has 3 heterocycles. The van der Waals surface area contributed by atoms with Crippen LogP contribution >= 0.6 is 0 Å². The van der Waals surface area contributed by atoms with E-state index in [4.69, 9.17) is 0 Å². The van der Waals surface area contributed by atoms with E-state index in [9.17, 15) is 14.0 Å². The van der Waals surface area contributed by atoms with Crippen molar-refractivity contribution in [2.45, 2.75) is 63.5 Å². The molecule has 2 saturated heterocycles. The van der Waals surface area contributed by atoms with E-state index < -0.39 is 6.04 Å². The maximum Gasteiger partial charge on any atom is 0.253 e. The number of piperidine rings is 2. The minimum Gasteiger partial charge on any atom is -0.345 e. The van der Waals surface area contributed by atoms with E-state index in [1.54, 1.807) is 30.5 Å². The Morgan fingerprint density at radius 1 is 1.06 bits per heavy atom. The van der Waals surface area contributed by atoms with Crippen LogP contribution in [0.25, 0.3) is 0 Å². The largest absolute Gasteiger partial charge is 0.345 e. The van der Waals surface area contributed by atoms with Gasteiger partial charge in [-0.2, -0.15) is 0 Å². The number of pyridine rings is 1. The van der Waals surface area contributed by atoms with Gasteiger partial charge >= 0.3 is 0 Å². The monoisotopic (exact) mass is 492 g/mol. The molecule has 1 aromatic carbocycles. The standard InChI is InChI=1S/C29H37FN4O2/c1-22(7-8-23-9-11-25(30)12-10-23)27(32-29(36)24-6-5-15-31-21-24)20-28(35)34-18-13-26(14-19-34)33-16-3-2-4-17-33/h5-6,9-12,15,21,26-27H,1-4,7-8,13-14,16-20H2,(H,32,36). The van der Waals surface area contributed by atoms with Crippen molar-refractivity contribution in [1.82, 2.24) is 20.1 Å². The predicted octanol–water partition coefficient (Wildman–Crippen LogP) is 4.38. The molecule has 2 aliphatic heterocycles. The predicted molar refractivity (Wildman–Crippen MR) is 139 cm³/mol. The van der Waals surface area contributed by atoms with Crippen molar-refractivity contribution in [2.75, 3.05) is 26.2 Å². The zero-order valence-corrected chi connectivity index (χ0v) is 21.0. The Morgan fingerprint density at radius 2 is 1.78 bits per heavy atom. The van der Waals surface area contributed by atoms with Crippen LogP contribution in [0.1, 0.15) is 60.9 Å². The smallest absolute Gasteiger partial charge is 0.253 e. The molecule has 36 heavy (non-hydrogen) atoms. The summed E-state index contributed by atoms with van der Waals surface area (Å²) in [6.07, 6.45) is 10.5. The van der Waals surface area contributed by atoms with Gasteiger partial charge in [0, 0.05) is 31.5 Å². The molecule has 192 valence electrons. The van der Waals surface area contributed by atoms with E-state index in [2.05, 4.69) is 21.8 Å². The summed E-state index contributed by atoms with van der Waals surface area (Å²) < 4.78 is 13.3. The van der Waals surface area contributed by atoms with Crippen molar-refractivity contribution >= 4 is 11.8 Å². The van der Waals surface area contributed by atoms with Gasteiger partial charge in [-0.15, -0.1) is 0 Å². The maximum atomic E-state index is 13.3. The normalized spacial score (nSPS) is 18.0. The molecule has 6 nitrogen and oxygen atoms in total. The van der Waals surface area contributed by atoms with Gasteiger partial charge in [-0.1, -0.05) is 30.7 Å². The van der Waals surface area contributed by atoms with Crippen molar-refractivity contribution in [3.8, 4) is 0 Å². The van der Waals surface area contributed by atoms with Gasteiger partial charge in [0.1, 0.15) is 5.82 Å². The molecule has 1 atom stereocenters. The third-order valence-electron chi connectivity index (χ3n) is 7.47. The zero-order valence-electron chi connectivity index (χ0n) is 21.0. The Hall–Kier alpha value is -3.06. The lowest BCUT2D eigenvalue weighted by atomic mass is 9.96. The molecule has 0 aliphatic carbocycles. The molecule has 1 aromatic heterocycles. The highest BCUT2D eigenvalue weighted by Gasteiger charge is 2.29. The number of halogens is 1. The number of rotatable bonds is 9. The van der Waals surface area contributed by atoms with Gasteiger partial charge in [0.15, 0.2) is 0 Å². The quantitative estimate of drug-likeness (QED) is 0.528. The van der Waals surface area contributed by atoms with Crippen LogP contribution in [-0.4, -0.2) is 64.9 Å². The summed E-state index contributed by atoms with van der Waals surface area (Å²) in [7, 11) is 0. The fourth-order valence-electron chi connectivity index (χ4n) is 5.23. The highest BCUT2D eigenvalue weighted by molar-refractivity contribution is 5.94. The number of aryl methyl sites for hydroxylation is 1. The van der Waals surface area contributed by atoms with E-state index in [1.807, 2.05) is 4.90 Å². The molecule has 4 rings (SSSR count). The number of carbonyl (C=O) groups excluding carboxylic acids is 2. The number of nitrogens with one attached hydrogen (secondary N) is 1. The molecule has 7 heteroatoms. The molecular formula is C29H37FN4O2. The first-order chi connectivity index (χ1) is 17.5. The Balaban J connectivity index is 1.36. The Morgan fingerprint density at radius 3 is 2.44 bits per heavy atom. The molecule has 0 bridgehead atoms. The summed E-state index contributed by atoms with van der Waals surface area (Å²) in [6.45, 7) is 8.09. The lowest BCUT2D eigenvalue weighted by molar-refractivity contribution is -0.133. The van der Waals surface area contributed by atoms with Gasteiger partial charge in [0.25, 0.3) is 5.91 Å². The second-order valence-electron chi connectivity index (χ2n) is 9.97. The molecular weight excluding hydrogens is 455 g/mol. The van der Waals surface area contributed by atoms with Crippen LogP contribution in [0.2, 0.25) is 0 Å². The highest BCUT2D eigenvalue weighted by Crippen LogP contribution is 2.22. The topological polar surface area (TPSA) is 65.5 Å². The van der Waals surface area contributed by atoms with Crippen LogP contribution in [0.3, 0.4) is 0 Å². The Labute approximate surface area is 213 Å². The molecule has 0 radical (unpaired) electrons. The summed E-state index contributed by atoms with van der Waals surface area (Å²) in [5.41, 5.74) is 2.22. The van der Waals surface area contributed by atoms with Crippen molar-refractivity contribution in [3.63, 3.8) is 0 Å². The van der Waals surface area contributed by atoms with Crippen LogP contribution in [0.4, 0.5) is 4.39 Å². The maximum absolute atomic E-state index is 13.3. The van der Waals surface area contributed by atoms with E-state index in [0.29, 0.717) is 24.4 Å². The summed E-state index contributed by atoms with van der Waals surface area (Å²) in [4.78, 5) is 34.7. The van der Waals surface area contributed by atoms with Crippen LogP contribution in [-0.2, 0) is 11.2 Å². The first kappa shape index (κ1) is 26.0. The third-order valence-corrected chi connectivity index (χ3v) is 7.47. The fraction of sp³-hybridized carbons (Fsp3) is 0.483. The molecule has 2 fully saturated rings. The van der Waals surface area contributed by atoms with Crippen LogP contribution in [0.5, 0.6) is 0 Å². The van der Waals surface area contributed by atoms with Gasteiger partial charge < -0.3 is 15.1 Å². The van der Waals surface area contributed by atoms with Gasteiger partial charge in [0.05, 0.1) is 18.0 Å². The van der Waals surface area contributed by atoms with Crippen molar-refractivity contribution < 1.29 is 14.0 Å². The summed E-state index contributed by atoms with van der Waals surface area (Å²) in [6, 6.07) is 9.89. The molecule has 0 saturated carbocycles. The number of hydrogen-bond donors (Lipinski definition) is 1. The summed E-state index contributed by atoms with van der Waals surface area (Å²) in [5.74, 6) is -0.493. The lowest BCUT2D eigenvalue weighted by Crippen LogP contribution is -2.49. The average Bonchev–Trinajstić information content (AvgIpc) is 2.93.